The van der Waals surface area contributed by atoms with E-state index in [1.807, 2.05) is 0 Å². The number of rotatable bonds is 3. The van der Waals surface area contributed by atoms with Crippen molar-refractivity contribution in [1.29, 1.82) is 0 Å². The van der Waals surface area contributed by atoms with Gasteiger partial charge in [-0.15, -0.1) is 0 Å². The molecule has 1 atom stereocenters. The number of nitrogens with zero attached hydrogens (tertiary/aromatic N) is 2. The summed E-state index contributed by atoms with van der Waals surface area (Å²) in [7, 11) is 2.22. The molecule has 0 amide bonds. The van der Waals surface area contributed by atoms with Crippen LogP contribution in [0.25, 0.3) is 10.9 Å². The first-order valence-corrected chi connectivity index (χ1v) is 9.44. The lowest BCUT2D eigenvalue weighted by Crippen LogP contribution is -2.45. The molecule has 1 fully saturated rings. The predicted octanol–water partition coefficient (Wildman–Crippen LogP) is 2.75. The summed E-state index contributed by atoms with van der Waals surface area (Å²) in [4.78, 5) is 8.70. The van der Waals surface area contributed by atoms with Crippen molar-refractivity contribution >= 4 is 26.8 Å². The summed E-state index contributed by atoms with van der Waals surface area (Å²) < 4.78 is 1.17. The summed E-state index contributed by atoms with van der Waals surface area (Å²) in [5, 5.41) is 5.11. The topological polar surface area (TPSA) is 34.3 Å². The predicted molar refractivity (Wildman–Crippen MR) is 99.0 cm³/mol. The number of H-pyrrole nitrogens is 1. The van der Waals surface area contributed by atoms with Gasteiger partial charge >= 0.3 is 0 Å². The third-order valence-corrected chi connectivity index (χ3v) is 5.84. The SMILES string of the molecule is CN1CCN(CC[C@H]2NCCc3c2[nH]c2ccc(Br)cc32)CC1. The monoisotopic (exact) mass is 376 g/mol. The number of nitrogens with one attached hydrogen (secondary N) is 2. The summed E-state index contributed by atoms with van der Waals surface area (Å²) >= 11 is 3.61. The summed E-state index contributed by atoms with van der Waals surface area (Å²) in [6, 6.07) is 7.03. The molecule has 5 heteroatoms. The molecular formula is C18H25BrN4. The van der Waals surface area contributed by atoms with Crippen LogP contribution in [0, 0.1) is 0 Å². The Morgan fingerprint density at radius 1 is 1.22 bits per heavy atom. The van der Waals surface area contributed by atoms with Gasteiger partial charge in [0.05, 0.1) is 0 Å². The third kappa shape index (κ3) is 3.20. The zero-order valence-corrected chi connectivity index (χ0v) is 15.3. The summed E-state index contributed by atoms with van der Waals surface area (Å²) in [5.41, 5.74) is 4.20. The minimum atomic E-state index is 0.463. The van der Waals surface area contributed by atoms with Gasteiger partial charge in [-0.2, -0.15) is 0 Å². The number of benzene rings is 1. The Morgan fingerprint density at radius 3 is 2.87 bits per heavy atom. The molecule has 0 bridgehead atoms. The van der Waals surface area contributed by atoms with E-state index in [-0.39, 0.29) is 0 Å². The Balaban J connectivity index is 1.50. The zero-order chi connectivity index (χ0) is 15.8. The Morgan fingerprint density at radius 2 is 2.04 bits per heavy atom. The fourth-order valence-electron chi connectivity index (χ4n) is 3.91. The first kappa shape index (κ1) is 15.6. The van der Waals surface area contributed by atoms with E-state index >= 15 is 0 Å². The Kier molecular flexibility index (Phi) is 4.46. The van der Waals surface area contributed by atoms with Gasteiger partial charge in [-0.3, -0.25) is 0 Å². The Hall–Kier alpha value is -0.880. The van der Waals surface area contributed by atoms with Crippen LogP contribution in [0.4, 0.5) is 0 Å². The van der Waals surface area contributed by atoms with Crippen LogP contribution in [0.3, 0.4) is 0 Å². The lowest BCUT2D eigenvalue weighted by atomic mass is 9.97. The van der Waals surface area contributed by atoms with Crippen molar-refractivity contribution in [3.63, 3.8) is 0 Å². The lowest BCUT2D eigenvalue weighted by molar-refractivity contribution is 0.148. The molecule has 23 heavy (non-hydrogen) atoms. The van der Waals surface area contributed by atoms with Crippen molar-refractivity contribution < 1.29 is 0 Å². The van der Waals surface area contributed by atoms with Gasteiger partial charge < -0.3 is 20.1 Å². The van der Waals surface area contributed by atoms with Crippen LogP contribution < -0.4 is 5.32 Å². The number of hydrogen-bond acceptors (Lipinski definition) is 3. The Bertz CT molecular complexity index is 688. The molecule has 1 aromatic heterocycles. The van der Waals surface area contributed by atoms with E-state index in [0.717, 1.165) is 13.0 Å². The van der Waals surface area contributed by atoms with Gasteiger partial charge in [0.2, 0.25) is 0 Å². The molecule has 4 nitrogen and oxygen atoms in total. The molecule has 2 aromatic rings. The maximum Gasteiger partial charge on any atom is 0.0488 e. The first-order chi connectivity index (χ1) is 11.2. The quantitative estimate of drug-likeness (QED) is 0.863. The molecule has 0 spiro atoms. The second-order valence-corrected chi connectivity index (χ2v) is 7.81. The van der Waals surface area contributed by atoms with E-state index in [1.54, 1.807) is 0 Å². The highest BCUT2D eigenvalue weighted by Crippen LogP contribution is 2.33. The molecular weight excluding hydrogens is 352 g/mol. The average molecular weight is 377 g/mol. The van der Waals surface area contributed by atoms with Gasteiger partial charge in [-0.1, -0.05) is 15.9 Å². The molecule has 2 aliphatic heterocycles. The van der Waals surface area contributed by atoms with Gasteiger partial charge in [0.1, 0.15) is 0 Å². The molecule has 2 N–H and O–H groups in total. The molecule has 0 aliphatic carbocycles. The van der Waals surface area contributed by atoms with E-state index in [9.17, 15) is 0 Å². The smallest absolute Gasteiger partial charge is 0.0488 e. The lowest BCUT2D eigenvalue weighted by Gasteiger charge is -2.34. The average Bonchev–Trinajstić information content (AvgIpc) is 2.93. The number of aromatic nitrogens is 1. The first-order valence-electron chi connectivity index (χ1n) is 8.65. The highest BCUT2D eigenvalue weighted by molar-refractivity contribution is 9.10. The van der Waals surface area contributed by atoms with Gasteiger partial charge in [-0.05, 0) is 50.2 Å². The van der Waals surface area contributed by atoms with Gasteiger partial charge in [-0.25, -0.2) is 0 Å². The second kappa shape index (κ2) is 6.55. The van der Waals surface area contributed by atoms with Gasteiger partial charge in [0, 0.05) is 59.8 Å². The molecule has 2 aliphatic rings. The van der Waals surface area contributed by atoms with Crippen LogP contribution in [0.5, 0.6) is 0 Å². The number of piperazine rings is 1. The van der Waals surface area contributed by atoms with Crippen molar-refractivity contribution in [2.75, 3.05) is 46.3 Å². The molecule has 0 radical (unpaired) electrons. The van der Waals surface area contributed by atoms with Crippen molar-refractivity contribution in [1.82, 2.24) is 20.1 Å². The van der Waals surface area contributed by atoms with E-state index in [4.69, 9.17) is 0 Å². The largest absolute Gasteiger partial charge is 0.357 e. The van der Waals surface area contributed by atoms with Crippen molar-refractivity contribution in [2.24, 2.45) is 0 Å². The van der Waals surface area contributed by atoms with Gasteiger partial charge in [0.15, 0.2) is 0 Å². The second-order valence-electron chi connectivity index (χ2n) is 6.90. The fraction of sp³-hybridized carbons (Fsp3) is 0.556. The molecule has 1 aromatic carbocycles. The number of fused-ring (bicyclic) bond motifs is 3. The third-order valence-electron chi connectivity index (χ3n) is 5.35. The normalized spacial score (nSPS) is 23.3. The summed E-state index contributed by atoms with van der Waals surface area (Å²) in [6.45, 7) is 7.07. The van der Waals surface area contributed by atoms with E-state index < -0.39 is 0 Å². The molecule has 124 valence electrons. The van der Waals surface area contributed by atoms with Crippen LogP contribution in [0.15, 0.2) is 22.7 Å². The summed E-state index contributed by atoms with van der Waals surface area (Å²) in [6.07, 6.45) is 2.31. The molecule has 0 saturated carbocycles. The van der Waals surface area contributed by atoms with E-state index in [2.05, 4.69) is 61.3 Å². The highest BCUT2D eigenvalue weighted by Gasteiger charge is 2.24. The fourth-order valence-corrected chi connectivity index (χ4v) is 4.27. The van der Waals surface area contributed by atoms with Gasteiger partial charge in [0.25, 0.3) is 0 Å². The molecule has 4 rings (SSSR count). The number of hydrogen-bond donors (Lipinski definition) is 2. The highest BCUT2D eigenvalue weighted by atomic mass is 79.9. The van der Waals surface area contributed by atoms with Crippen molar-refractivity contribution in [3.8, 4) is 0 Å². The van der Waals surface area contributed by atoms with E-state index in [1.165, 1.54) is 65.8 Å². The maximum atomic E-state index is 3.72. The number of halogens is 1. The molecule has 3 heterocycles. The Labute approximate surface area is 146 Å². The van der Waals surface area contributed by atoms with Crippen LogP contribution in [0.2, 0.25) is 0 Å². The zero-order valence-electron chi connectivity index (χ0n) is 13.7. The standard InChI is InChI=1S/C18H25BrN4/c1-22-8-10-23(11-9-22)7-5-17-18-14(4-6-20-17)15-12-13(19)2-3-16(15)21-18/h2-3,12,17,20-21H,4-11H2,1H3/t17-/m1/s1. The molecule has 1 saturated heterocycles. The van der Waals surface area contributed by atoms with Crippen molar-refractivity contribution in [3.05, 3.63) is 33.9 Å². The maximum absolute atomic E-state index is 3.72. The van der Waals surface area contributed by atoms with Crippen LogP contribution in [-0.2, 0) is 6.42 Å². The number of aromatic amines is 1. The summed E-state index contributed by atoms with van der Waals surface area (Å²) in [5.74, 6) is 0. The van der Waals surface area contributed by atoms with Crippen LogP contribution >= 0.6 is 15.9 Å². The molecule has 0 unspecified atom stereocenters. The van der Waals surface area contributed by atoms with Crippen LogP contribution in [0.1, 0.15) is 23.7 Å². The number of likely N-dealkylation sites (N-methyl/N-ethyl adjacent to an activating group) is 1. The minimum Gasteiger partial charge on any atom is -0.357 e. The van der Waals surface area contributed by atoms with Crippen LogP contribution in [-0.4, -0.2) is 61.1 Å². The minimum absolute atomic E-state index is 0.463. The van der Waals surface area contributed by atoms with Crippen molar-refractivity contribution in [2.45, 2.75) is 18.9 Å². The van der Waals surface area contributed by atoms with E-state index in [0.29, 0.717) is 6.04 Å².